The number of carbonyl (C=O) groups excluding carboxylic acids is 1. The highest BCUT2D eigenvalue weighted by atomic mass is 32.2. The average Bonchev–Trinajstić information content (AvgIpc) is 3.40. The van der Waals surface area contributed by atoms with Gasteiger partial charge < -0.3 is 14.6 Å². The molecule has 1 aliphatic rings. The van der Waals surface area contributed by atoms with Gasteiger partial charge in [-0.15, -0.1) is 10.2 Å². The fraction of sp³-hybridized carbons (Fsp3) is 0.500. The number of ether oxygens (including phenoxy) is 1. The lowest BCUT2D eigenvalue weighted by atomic mass is 10.1. The molecule has 0 unspecified atom stereocenters. The van der Waals surface area contributed by atoms with Gasteiger partial charge in [-0.05, 0) is 37.8 Å². The molecule has 3 rings (SSSR count). The molecule has 0 spiro atoms. The number of aromatic nitrogens is 3. The molecule has 1 aromatic carbocycles. The number of nitrogens with zero attached hydrogens (tertiary/aromatic N) is 3. The van der Waals surface area contributed by atoms with Gasteiger partial charge >= 0.3 is 0 Å². The first-order valence-electron chi connectivity index (χ1n) is 8.67. The van der Waals surface area contributed by atoms with Crippen molar-refractivity contribution in [2.45, 2.75) is 43.8 Å². The van der Waals surface area contributed by atoms with Gasteiger partial charge in [0.05, 0.1) is 12.9 Å². The molecule has 1 aliphatic carbocycles. The van der Waals surface area contributed by atoms with Gasteiger partial charge in [0.25, 0.3) is 0 Å². The van der Waals surface area contributed by atoms with Gasteiger partial charge in [0, 0.05) is 19.0 Å². The van der Waals surface area contributed by atoms with E-state index in [1.54, 1.807) is 7.11 Å². The first-order chi connectivity index (χ1) is 12.2. The summed E-state index contributed by atoms with van der Waals surface area (Å²) in [7, 11) is 1.66. The van der Waals surface area contributed by atoms with Crippen molar-refractivity contribution in [3.8, 4) is 5.75 Å². The molecule has 0 radical (unpaired) electrons. The van der Waals surface area contributed by atoms with E-state index in [-0.39, 0.29) is 5.91 Å². The van der Waals surface area contributed by atoms with Gasteiger partial charge in [-0.25, -0.2) is 0 Å². The maximum absolute atomic E-state index is 12.1. The topological polar surface area (TPSA) is 69.0 Å². The standard InChI is InChI=1S/C18H24N4O2S/c1-3-22-17(14-8-9-14)20-21-18(22)25-12-16(23)19-11-10-13-6-4-5-7-15(13)24-2/h4-7,14H,3,8-12H2,1-2H3,(H,19,23). The molecule has 1 amide bonds. The molecule has 134 valence electrons. The van der Waals surface area contributed by atoms with Crippen LogP contribution < -0.4 is 10.1 Å². The van der Waals surface area contributed by atoms with Gasteiger partial charge in [0.1, 0.15) is 11.6 Å². The Kier molecular flexibility index (Phi) is 5.96. The molecule has 25 heavy (non-hydrogen) atoms. The van der Waals surface area contributed by atoms with E-state index in [0.717, 1.165) is 35.3 Å². The number of carbonyl (C=O) groups is 1. The summed E-state index contributed by atoms with van der Waals surface area (Å²) in [6.45, 7) is 3.52. The number of rotatable bonds is 9. The van der Waals surface area contributed by atoms with Crippen LogP contribution >= 0.6 is 11.8 Å². The summed E-state index contributed by atoms with van der Waals surface area (Å²) in [5.41, 5.74) is 1.10. The van der Waals surface area contributed by atoms with Crippen molar-refractivity contribution in [2.24, 2.45) is 0 Å². The lowest BCUT2D eigenvalue weighted by Crippen LogP contribution is -2.27. The number of para-hydroxylation sites is 1. The van der Waals surface area contributed by atoms with E-state index in [2.05, 4.69) is 27.0 Å². The number of hydrogen-bond acceptors (Lipinski definition) is 5. The van der Waals surface area contributed by atoms with Gasteiger partial charge in [0.15, 0.2) is 5.16 Å². The summed E-state index contributed by atoms with van der Waals surface area (Å²) >= 11 is 1.45. The van der Waals surface area contributed by atoms with Crippen molar-refractivity contribution in [3.05, 3.63) is 35.7 Å². The Morgan fingerprint density at radius 1 is 1.36 bits per heavy atom. The Labute approximate surface area is 152 Å². The van der Waals surface area contributed by atoms with Crippen LogP contribution in [0.1, 0.15) is 37.1 Å². The first-order valence-corrected chi connectivity index (χ1v) is 9.66. The molecular weight excluding hydrogens is 336 g/mol. The lowest BCUT2D eigenvalue weighted by Gasteiger charge is -2.09. The average molecular weight is 360 g/mol. The molecule has 1 N–H and O–H groups in total. The van der Waals surface area contributed by atoms with Crippen LogP contribution in [-0.4, -0.2) is 40.1 Å². The van der Waals surface area contributed by atoms with Crippen molar-refractivity contribution >= 4 is 17.7 Å². The summed E-state index contributed by atoms with van der Waals surface area (Å²) in [5.74, 6) is 2.86. The normalized spacial score (nSPS) is 13.7. The first kappa shape index (κ1) is 17.8. The Bertz CT molecular complexity index is 728. The lowest BCUT2D eigenvalue weighted by molar-refractivity contribution is -0.118. The number of hydrogen-bond donors (Lipinski definition) is 1. The third-order valence-corrected chi connectivity index (χ3v) is 5.21. The molecule has 7 heteroatoms. The van der Waals surface area contributed by atoms with Crippen LogP contribution in [0.15, 0.2) is 29.4 Å². The molecule has 0 saturated heterocycles. The van der Waals surface area contributed by atoms with Crippen LogP contribution in [0, 0.1) is 0 Å². The second-order valence-electron chi connectivity index (χ2n) is 6.06. The largest absolute Gasteiger partial charge is 0.496 e. The van der Waals surface area contributed by atoms with E-state index < -0.39 is 0 Å². The minimum atomic E-state index is 0.0125. The van der Waals surface area contributed by atoms with Crippen molar-refractivity contribution in [2.75, 3.05) is 19.4 Å². The fourth-order valence-electron chi connectivity index (χ4n) is 2.77. The molecule has 0 bridgehead atoms. The molecular formula is C18H24N4O2S. The van der Waals surface area contributed by atoms with E-state index in [9.17, 15) is 4.79 Å². The molecule has 0 atom stereocenters. The number of methoxy groups -OCH3 is 1. The summed E-state index contributed by atoms with van der Waals surface area (Å²) in [6.07, 6.45) is 3.15. The Hall–Kier alpha value is -2.02. The highest BCUT2D eigenvalue weighted by molar-refractivity contribution is 7.99. The van der Waals surface area contributed by atoms with Crippen molar-refractivity contribution < 1.29 is 9.53 Å². The Balaban J connectivity index is 1.45. The molecule has 1 heterocycles. The SMILES string of the molecule is CCn1c(SCC(=O)NCCc2ccccc2OC)nnc1C1CC1. The fourth-order valence-corrected chi connectivity index (χ4v) is 3.61. The number of thioether (sulfide) groups is 1. The summed E-state index contributed by atoms with van der Waals surface area (Å²) < 4.78 is 7.46. The predicted octanol–water partition coefficient (Wildman–Crippen LogP) is 2.64. The highest BCUT2D eigenvalue weighted by Crippen LogP contribution is 2.39. The number of amides is 1. The molecule has 1 fully saturated rings. The van der Waals surface area contributed by atoms with Gasteiger partial charge in [-0.3, -0.25) is 4.79 Å². The van der Waals surface area contributed by atoms with Gasteiger partial charge in [-0.2, -0.15) is 0 Å². The van der Waals surface area contributed by atoms with Crippen molar-refractivity contribution in [1.82, 2.24) is 20.1 Å². The third kappa shape index (κ3) is 4.54. The predicted molar refractivity (Wildman–Crippen MR) is 98.1 cm³/mol. The molecule has 0 aliphatic heterocycles. The second-order valence-corrected chi connectivity index (χ2v) is 7.00. The van der Waals surface area contributed by atoms with Gasteiger partial charge in [-0.1, -0.05) is 30.0 Å². The van der Waals surface area contributed by atoms with Crippen LogP contribution in [0.2, 0.25) is 0 Å². The van der Waals surface area contributed by atoms with Crippen LogP contribution in [0.5, 0.6) is 5.75 Å². The third-order valence-electron chi connectivity index (χ3n) is 4.25. The van der Waals surface area contributed by atoms with E-state index in [1.165, 1.54) is 24.6 Å². The molecule has 6 nitrogen and oxygen atoms in total. The van der Waals surface area contributed by atoms with Crippen molar-refractivity contribution in [1.29, 1.82) is 0 Å². The van der Waals surface area contributed by atoms with E-state index in [4.69, 9.17) is 4.74 Å². The maximum Gasteiger partial charge on any atom is 0.230 e. The van der Waals surface area contributed by atoms with Gasteiger partial charge in [0.2, 0.25) is 5.91 Å². The Morgan fingerprint density at radius 3 is 2.88 bits per heavy atom. The smallest absolute Gasteiger partial charge is 0.230 e. The summed E-state index contributed by atoms with van der Waals surface area (Å²) in [5, 5.41) is 12.3. The van der Waals surface area contributed by atoms with E-state index in [1.807, 2.05) is 24.3 Å². The maximum atomic E-state index is 12.1. The quantitative estimate of drug-likeness (QED) is 0.696. The monoisotopic (exact) mass is 360 g/mol. The summed E-state index contributed by atoms with van der Waals surface area (Å²) in [4.78, 5) is 12.1. The number of nitrogens with one attached hydrogen (secondary N) is 1. The Morgan fingerprint density at radius 2 is 2.16 bits per heavy atom. The molecule has 1 aromatic heterocycles. The molecule has 2 aromatic rings. The van der Waals surface area contributed by atoms with Crippen LogP contribution in [0.25, 0.3) is 0 Å². The molecule has 1 saturated carbocycles. The minimum absolute atomic E-state index is 0.0125. The highest BCUT2D eigenvalue weighted by Gasteiger charge is 2.30. The number of benzene rings is 1. The van der Waals surface area contributed by atoms with Crippen molar-refractivity contribution in [3.63, 3.8) is 0 Å². The zero-order valence-electron chi connectivity index (χ0n) is 14.7. The zero-order valence-corrected chi connectivity index (χ0v) is 15.5. The summed E-state index contributed by atoms with van der Waals surface area (Å²) in [6, 6.07) is 7.87. The van der Waals surface area contributed by atoms with E-state index in [0.29, 0.717) is 18.2 Å². The zero-order chi connectivity index (χ0) is 17.6. The second kappa shape index (κ2) is 8.38. The van der Waals surface area contributed by atoms with Crippen LogP contribution in [0.4, 0.5) is 0 Å². The van der Waals surface area contributed by atoms with Crippen LogP contribution in [0.3, 0.4) is 0 Å². The minimum Gasteiger partial charge on any atom is -0.496 e. The van der Waals surface area contributed by atoms with Crippen LogP contribution in [-0.2, 0) is 17.8 Å². The van der Waals surface area contributed by atoms with E-state index >= 15 is 0 Å².